The largest absolute Gasteiger partial charge is 0.295 e. The summed E-state index contributed by atoms with van der Waals surface area (Å²) in [4.78, 5) is 21.8. The van der Waals surface area contributed by atoms with Gasteiger partial charge in [-0.05, 0) is 25.1 Å². The molecule has 0 atom stereocenters. The van der Waals surface area contributed by atoms with Gasteiger partial charge in [0, 0.05) is 12.5 Å². The molecule has 0 N–H and O–H groups in total. The van der Waals surface area contributed by atoms with Crippen molar-refractivity contribution in [3.8, 4) is 11.8 Å². The van der Waals surface area contributed by atoms with E-state index in [0.29, 0.717) is 11.3 Å². The molecule has 0 aliphatic carbocycles. The number of carbonyl (C=O) groups excluding carboxylic acids is 2. The van der Waals surface area contributed by atoms with Crippen molar-refractivity contribution in [2.24, 2.45) is 0 Å². The maximum atomic E-state index is 13.3. The summed E-state index contributed by atoms with van der Waals surface area (Å²) in [6, 6.07) is 4.06. The third-order valence-electron chi connectivity index (χ3n) is 1.94. The van der Waals surface area contributed by atoms with Crippen LogP contribution in [0, 0.1) is 17.7 Å². The molecule has 0 aliphatic rings. The summed E-state index contributed by atoms with van der Waals surface area (Å²) in [5, 5.41) is -0.0303. The minimum atomic E-state index is -0.463. The highest BCUT2D eigenvalue weighted by molar-refractivity contribution is 8.13. The van der Waals surface area contributed by atoms with Crippen molar-refractivity contribution in [3.05, 3.63) is 35.1 Å². The summed E-state index contributed by atoms with van der Waals surface area (Å²) >= 11 is 1.06. The molecule has 17 heavy (non-hydrogen) atoms. The molecule has 1 aromatic rings. The van der Waals surface area contributed by atoms with Gasteiger partial charge in [-0.1, -0.05) is 23.6 Å². The van der Waals surface area contributed by atoms with Crippen molar-refractivity contribution >= 4 is 22.7 Å². The highest BCUT2D eigenvalue weighted by atomic mass is 32.2. The normalized spacial score (nSPS) is 9.35. The number of halogens is 1. The van der Waals surface area contributed by atoms with Crippen LogP contribution >= 0.6 is 11.8 Å². The second-order valence-electron chi connectivity index (χ2n) is 3.33. The number of hydrogen-bond donors (Lipinski definition) is 0. The van der Waals surface area contributed by atoms with Crippen LogP contribution in [-0.4, -0.2) is 16.7 Å². The first-order chi connectivity index (χ1) is 8.00. The Bertz CT molecular complexity index is 512. The monoisotopic (exact) mass is 250 g/mol. The SMILES string of the molecule is CC(=O)SCC#Cc1cc(C(C)=O)ccc1F. The number of thioether (sulfide) groups is 1. The topological polar surface area (TPSA) is 34.1 Å². The van der Waals surface area contributed by atoms with Crippen LogP contribution in [0.3, 0.4) is 0 Å². The minimum absolute atomic E-state index is 0.0303. The fourth-order valence-electron chi connectivity index (χ4n) is 1.11. The van der Waals surface area contributed by atoms with Crippen LogP contribution in [0.15, 0.2) is 18.2 Å². The van der Waals surface area contributed by atoms with Crippen molar-refractivity contribution in [1.82, 2.24) is 0 Å². The standard InChI is InChI=1S/C13H11FO2S/c1-9(15)11-5-6-13(14)12(8-11)4-3-7-17-10(2)16/h5-6,8H,7H2,1-2H3. The first-order valence-corrected chi connectivity index (χ1v) is 5.92. The third-order valence-corrected chi connectivity index (χ3v) is 2.64. The Kier molecular flexibility index (Phi) is 4.92. The van der Waals surface area contributed by atoms with Gasteiger partial charge in [0.1, 0.15) is 5.82 Å². The Labute approximate surface area is 104 Å². The van der Waals surface area contributed by atoms with Crippen LogP contribution in [0.2, 0.25) is 0 Å². The lowest BCUT2D eigenvalue weighted by Gasteiger charge is -1.98. The Balaban J connectivity index is 2.86. The highest BCUT2D eigenvalue weighted by Gasteiger charge is 2.04. The number of carbonyl (C=O) groups is 2. The van der Waals surface area contributed by atoms with Gasteiger partial charge in [-0.15, -0.1) is 0 Å². The van der Waals surface area contributed by atoms with E-state index in [1.807, 2.05) is 0 Å². The van der Waals surface area contributed by atoms with Gasteiger partial charge in [-0.2, -0.15) is 0 Å². The Morgan fingerprint density at radius 1 is 1.35 bits per heavy atom. The Morgan fingerprint density at radius 3 is 2.65 bits per heavy atom. The number of hydrogen-bond acceptors (Lipinski definition) is 3. The van der Waals surface area contributed by atoms with Gasteiger partial charge < -0.3 is 0 Å². The van der Waals surface area contributed by atoms with Crippen LogP contribution < -0.4 is 0 Å². The van der Waals surface area contributed by atoms with E-state index in [2.05, 4.69) is 11.8 Å². The Morgan fingerprint density at radius 2 is 2.06 bits per heavy atom. The van der Waals surface area contributed by atoms with E-state index in [0.717, 1.165) is 11.8 Å². The summed E-state index contributed by atoms with van der Waals surface area (Å²) in [6.45, 7) is 2.86. The molecule has 0 radical (unpaired) electrons. The highest BCUT2D eigenvalue weighted by Crippen LogP contribution is 2.10. The number of benzene rings is 1. The molecule has 0 unspecified atom stereocenters. The van der Waals surface area contributed by atoms with Crippen LogP contribution in [0.25, 0.3) is 0 Å². The molecule has 0 bridgehead atoms. The molecule has 0 amide bonds. The van der Waals surface area contributed by atoms with Crippen molar-refractivity contribution in [2.45, 2.75) is 13.8 Å². The zero-order valence-electron chi connectivity index (χ0n) is 9.54. The lowest BCUT2D eigenvalue weighted by Crippen LogP contribution is -1.94. The van der Waals surface area contributed by atoms with Crippen molar-refractivity contribution in [1.29, 1.82) is 0 Å². The van der Waals surface area contributed by atoms with Gasteiger partial charge in [-0.3, -0.25) is 9.59 Å². The van der Waals surface area contributed by atoms with E-state index in [1.54, 1.807) is 0 Å². The molecule has 0 heterocycles. The average molecular weight is 250 g/mol. The maximum Gasteiger partial charge on any atom is 0.186 e. The fourth-order valence-corrected chi connectivity index (χ4v) is 1.46. The summed E-state index contributed by atoms with van der Waals surface area (Å²) in [7, 11) is 0. The molecular formula is C13H11FO2S. The zero-order chi connectivity index (χ0) is 12.8. The first-order valence-electron chi connectivity index (χ1n) is 4.93. The molecule has 2 nitrogen and oxygen atoms in total. The average Bonchev–Trinajstić information content (AvgIpc) is 2.25. The predicted molar refractivity (Wildman–Crippen MR) is 66.4 cm³/mol. The molecule has 0 aliphatic heterocycles. The van der Waals surface area contributed by atoms with Gasteiger partial charge in [-0.25, -0.2) is 4.39 Å². The number of rotatable bonds is 2. The number of ketones is 1. The first kappa shape index (κ1) is 13.5. The quantitative estimate of drug-likeness (QED) is 0.597. The molecule has 88 valence electrons. The summed E-state index contributed by atoms with van der Waals surface area (Å²) in [6.07, 6.45) is 0. The van der Waals surface area contributed by atoms with Crippen LogP contribution in [0.5, 0.6) is 0 Å². The van der Waals surface area contributed by atoms with Gasteiger partial charge in [0.05, 0.1) is 11.3 Å². The molecule has 0 saturated carbocycles. The van der Waals surface area contributed by atoms with Gasteiger partial charge in [0.2, 0.25) is 0 Å². The minimum Gasteiger partial charge on any atom is -0.295 e. The van der Waals surface area contributed by atoms with Crippen molar-refractivity contribution in [3.63, 3.8) is 0 Å². The fraction of sp³-hybridized carbons (Fsp3) is 0.231. The van der Waals surface area contributed by atoms with E-state index in [-0.39, 0.29) is 16.5 Å². The smallest absolute Gasteiger partial charge is 0.186 e. The number of Topliss-reactive ketones (excluding diaryl/α,β-unsaturated/α-hetero) is 1. The van der Waals surface area contributed by atoms with Crippen LogP contribution in [0.1, 0.15) is 29.8 Å². The lowest BCUT2D eigenvalue weighted by atomic mass is 10.1. The molecule has 4 heteroatoms. The van der Waals surface area contributed by atoms with Crippen molar-refractivity contribution in [2.75, 3.05) is 5.75 Å². The van der Waals surface area contributed by atoms with Gasteiger partial charge >= 0.3 is 0 Å². The van der Waals surface area contributed by atoms with Crippen LogP contribution in [-0.2, 0) is 4.79 Å². The molecule has 0 saturated heterocycles. The molecule has 0 fully saturated rings. The Hall–Kier alpha value is -1.60. The summed E-state index contributed by atoms with van der Waals surface area (Å²) in [5.41, 5.74) is 0.608. The zero-order valence-corrected chi connectivity index (χ0v) is 10.4. The lowest BCUT2D eigenvalue weighted by molar-refractivity contribution is -0.109. The van der Waals surface area contributed by atoms with Gasteiger partial charge in [0.25, 0.3) is 0 Å². The van der Waals surface area contributed by atoms with E-state index in [1.165, 1.54) is 32.0 Å². The maximum absolute atomic E-state index is 13.3. The third kappa shape index (κ3) is 4.41. The van der Waals surface area contributed by atoms with Crippen LogP contribution in [0.4, 0.5) is 4.39 Å². The van der Waals surface area contributed by atoms with Gasteiger partial charge in [0.15, 0.2) is 10.9 Å². The second kappa shape index (κ2) is 6.21. The summed E-state index contributed by atoms with van der Waals surface area (Å²) < 4.78 is 13.3. The molecule has 1 rings (SSSR count). The predicted octanol–water partition coefficient (Wildman–Crippen LogP) is 2.66. The molecule has 0 aromatic heterocycles. The molecular weight excluding hydrogens is 239 g/mol. The molecule has 1 aromatic carbocycles. The van der Waals surface area contributed by atoms with Crippen molar-refractivity contribution < 1.29 is 14.0 Å². The molecule has 0 spiro atoms. The summed E-state index contributed by atoms with van der Waals surface area (Å²) in [5.74, 6) is 5.02. The van der Waals surface area contributed by atoms with E-state index >= 15 is 0 Å². The van der Waals surface area contributed by atoms with E-state index in [9.17, 15) is 14.0 Å². The second-order valence-corrected chi connectivity index (χ2v) is 4.49. The van der Waals surface area contributed by atoms with E-state index in [4.69, 9.17) is 0 Å². The van der Waals surface area contributed by atoms with E-state index < -0.39 is 5.82 Å².